The van der Waals surface area contributed by atoms with Gasteiger partial charge in [0.15, 0.2) is 0 Å². The summed E-state index contributed by atoms with van der Waals surface area (Å²) in [6.07, 6.45) is 0.625. The van der Waals surface area contributed by atoms with Crippen LogP contribution in [-0.4, -0.2) is 16.3 Å². The molecule has 1 heterocycles. The van der Waals surface area contributed by atoms with Gasteiger partial charge in [-0.3, -0.25) is 4.79 Å². The van der Waals surface area contributed by atoms with Crippen LogP contribution in [0.25, 0.3) is 10.4 Å². The van der Waals surface area contributed by atoms with Gasteiger partial charge in [0.05, 0.1) is 5.69 Å². The summed E-state index contributed by atoms with van der Waals surface area (Å²) in [6.45, 7) is 2.70. The minimum Gasteiger partial charge on any atom is -0.268 e. The van der Waals surface area contributed by atoms with Crippen molar-refractivity contribution in [3.05, 3.63) is 38.6 Å². The summed E-state index contributed by atoms with van der Waals surface area (Å²) in [7, 11) is 0. The molecule has 0 amide bonds. The van der Waals surface area contributed by atoms with Crippen LogP contribution in [0.1, 0.15) is 12.1 Å². The van der Waals surface area contributed by atoms with E-state index in [-0.39, 0.29) is 5.56 Å². The Bertz CT molecular complexity index is 404. The van der Waals surface area contributed by atoms with Crippen molar-refractivity contribution >= 4 is 0 Å². The van der Waals surface area contributed by atoms with E-state index >= 15 is 0 Å². The van der Waals surface area contributed by atoms with Crippen molar-refractivity contribution in [3.63, 3.8) is 0 Å². The van der Waals surface area contributed by atoms with Crippen molar-refractivity contribution in [1.29, 1.82) is 0 Å². The van der Waals surface area contributed by atoms with Gasteiger partial charge < -0.3 is 0 Å². The van der Waals surface area contributed by atoms with Crippen LogP contribution in [0, 0.1) is 6.92 Å². The third-order valence-electron chi connectivity index (χ3n) is 1.69. The maximum Gasteiger partial charge on any atom is 0.266 e. The molecular weight excluding hydrogens is 182 g/mol. The molecule has 0 aliphatic heterocycles. The number of aryl methyl sites for hydroxylation is 2. The Morgan fingerprint density at radius 3 is 3.14 bits per heavy atom. The molecule has 0 spiro atoms. The predicted molar refractivity (Wildman–Crippen MR) is 51.9 cm³/mol. The lowest BCUT2D eigenvalue weighted by atomic mass is 10.4. The van der Waals surface area contributed by atoms with Crippen LogP contribution in [-0.2, 0) is 6.54 Å². The third-order valence-corrected chi connectivity index (χ3v) is 1.69. The van der Waals surface area contributed by atoms with Gasteiger partial charge in [0.2, 0.25) is 0 Å². The van der Waals surface area contributed by atoms with Gasteiger partial charge in [-0.1, -0.05) is 5.11 Å². The second-order valence-corrected chi connectivity index (χ2v) is 2.84. The molecule has 1 aromatic heterocycles. The highest BCUT2D eigenvalue weighted by Crippen LogP contribution is 1.89. The summed E-state index contributed by atoms with van der Waals surface area (Å²) in [5, 5.41) is 7.42. The summed E-state index contributed by atoms with van der Waals surface area (Å²) in [5.74, 6) is 0. The molecule has 74 valence electrons. The molecule has 14 heavy (non-hydrogen) atoms. The summed E-state index contributed by atoms with van der Waals surface area (Å²) in [5.41, 5.74) is 8.71. The van der Waals surface area contributed by atoms with Gasteiger partial charge in [0.25, 0.3) is 5.56 Å². The Hall–Kier alpha value is -1.81. The lowest BCUT2D eigenvalue weighted by Crippen LogP contribution is -2.22. The zero-order valence-corrected chi connectivity index (χ0v) is 7.92. The molecule has 0 saturated carbocycles. The molecule has 0 aliphatic carbocycles. The smallest absolute Gasteiger partial charge is 0.266 e. The van der Waals surface area contributed by atoms with E-state index < -0.39 is 0 Å². The average molecular weight is 193 g/mol. The largest absolute Gasteiger partial charge is 0.268 e. The highest BCUT2D eigenvalue weighted by Gasteiger charge is 1.96. The fraction of sp³-hybridized carbons (Fsp3) is 0.500. The second-order valence-electron chi connectivity index (χ2n) is 2.84. The van der Waals surface area contributed by atoms with E-state index in [1.807, 2.05) is 6.92 Å². The molecule has 0 radical (unpaired) electrons. The zero-order chi connectivity index (χ0) is 10.4. The third kappa shape index (κ3) is 2.91. The lowest BCUT2D eigenvalue weighted by molar-refractivity contribution is 0.547. The molecule has 0 unspecified atom stereocenters. The molecule has 6 nitrogen and oxygen atoms in total. The van der Waals surface area contributed by atoms with E-state index in [1.165, 1.54) is 10.7 Å². The van der Waals surface area contributed by atoms with E-state index in [0.29, 0.717) is 19.5 Å². The number of hydrogen-bond acceptors (Lipinski definition) is 3. The Morgan fingerprint density at radius 1 is 1.64 bits per heavy atom. The van der Waals surface area contributed by atoms with E-state index in [1.54, 1.807) is 6.07 Å². The summed E-state index contributed by atoms with van der Waals surface area (Å²) in [4.78, 5) is 13.9. The predicted octanol–water partition coefficient (Wildman–Crippen LogP) is 1.25. The molecule has 0 aromatic carbocycles. The van der Waals surface area contributed by atoms with E-state index in [2.05, 4.69) is 15.1 Å². The van der Waals surface area contributed by atoms with Gasteiger partial charge >= 0.3 is 0 Å². The molecular formula is C8H11N5O. The Kier molecular flexibility index (Phi) is 3.69. The molecule has 6 heteroatoms. The van der Waals surface area contributed by atoms with Crippen LogP contribution in [0.15, 0.2) is 22.0 Å². The summed E-state index contributed by atoms with van der Waals surface area (Å²) in [6, 6.07) is 3.15. The topological polar surface area (TPSA) is 83.7 Å². The summed E-state index contributed by atoms with van der Waals surface area (Å²) < 4.78 is 1.38. The normalized spacial score (nSPS) is 9.50. The fourth-order valence-corrected chi connectivity index (χ4v) is 1.05. The number of rotatable bonds is 4. The van der Waals surface area contributed by atoms with Crippen molar-refractivity contribution in [1.82, 2.24) is 9.78 Å². The van der Waals surface area contributed by atoms with Crippen LogP contribution in [0.4, 0.5) is 0 Å². The highest BCUT2D eigenvalue weighted by atomic mass is 16.1. The minimum atomic E-state index is -0.128. The minimum absolute atomic E-state index is 0.128. The highest BCUT2D eigenvalue weighted by molar-refractivity contribution is 4.96. The van der Waals surface area contributed by atoms with E-state index in [9.17, 15) is 4.79 Å². The first kappa shape index (κ1) is 10.3. The van der Waals surface area contributed by atoms with Gasteiger partial charge in [-0.15, -0.1) is 0 Å². The number of nitrogens with zero attached hydrogens (tertiary/aromatic N) is 5. The van der Waals surface area contributed by atoms with Gasteiger partial charge in [-0.2, -0.15) is 5.10 Å². The first-order valence-corrected chi connectivity index (χ1v) is 4.29. The molecule has 0 aliphatic rings. The quantitative estimate of drug-likeness (QED) is 0.312. The van der Waals surface area contributed by atoms with E-state index in [0.717, 1.165) is 5.69 Å². The number of hydrogen-bond donors (Lipinski definition) is 0. The summed E-state index contributed by atoms with van der Waals surface area (Å²) >= 11 is 0. The van der Waals surface area contributed by atoms with Crippen LogP contribution >= 0.6 is 0 Å². The molecule has 0 saturated heterocycles. The molecule has 0 N–H and O–H groups in total. The van der Waals surface area contributed by atoms with Crippen LogP contribution in [0.5, 0.6) is 0 Å². The second kappa shape index (κ2) is 5.04. The van der Waals surface area contributed by atoms with Crippen LogP contribution < -0.4 is 5.56 Å². The van der Waals surface area contributed by atoms with Gasteiger partial charge in [-0.05, 0) is 24.9 Å². The maximum atomic E-state index is 11.2. The first-order valence-electron chi connectivity index (χ1n) is 4.29. The standard InChI is InChI=1S/C8H11N5O/c1-7-3-4-8(14)13(11-7)6-2-5-10-12-9/h3-4H,2,5-6H2,1H3. The molecule has 1 aromatic rings. The van der Waals surface area contributed by atoms with Crippen LogP contribution in [0.3, 0.4) is 0 Å². The van der Waals surface area contributed by atoms with Crippen molar-refractivity contribution < 1.29 is 0 Å². The first-order chi connectivity index (χ1) is 6.74. The van der Waals surface area contributed by atoms with Gasteiger partial charge in [0.1, 0.15) is 0 Å². The monoisotopic (exact) mass is 193 g/mol. The Labute approximate surface area is 80.8 Å². The average Bonchev–Trinajstić information content (AvgIpc) is 2.18. The number of aromatic nitrogens is 2. The zero-order valence-electron chi connectivity index (χ0n) is 7.92. The maximum absolute atomic E-state index is 11.2. The van der Waals surface area contributed by atoms with Gasteiger partial charge in [-0.25, -0.2) is 4.68 Å². The van der Waals surface area contributed by atoms with Crippen molar-refractivity contribution in [2.75, 3.05) is 6.54 Å². The molecule has 0 bridgehead atoms. The Morgan fingerprint density at radius 2 is 2.43 bits per heavy atom. The van der Waals surface area contributed by atoms with Crippen molar-refractivity contribution in [2.24, 2.45) is 5.11 Å². The van der Waals surface area contributed by atoms with E-state index in [4.69, 9.17) is 5.53 Å². The van der Waals surface area contributed by atoms with Crippen molar-refractivity contribution in [3.8, 4) is 0 Å². The molecule has 0 atom stereocenters. The van der Waals surface area contributed by atoms with Crippen LogP contribution in [0.2, 0.25) is 0 Å². The SMILES string of the molecule is Cc1ccc(=O)n(CCCN=[N+]=[N-])n1. The van der Waals surface area contributed by atoms with Gasteiger partial charge in [0, 0.05) is 24.1 Å². The number of azide groups is 1. The molecule has 1 rings (SSSR count). The van der Waals surface area contributed by atoms with Crippen molar-refractivity contribution in [2.45, 2.75) is 19.9 Å². The molecule has 0 fully saturated rings. The lowest BCUT2D eigenvalue weighted by Gasteiger charge is -2.02. The fourth-order valence-electron chi connectivity index (χ4n) is 1.05. The Balaban J connectivity index is 2.62.